The molecule has 2 saturated heterocycles. The molecule has 4 aliphatic rings. The third kappa shape index (κ3) is 6.16. The number of aromatic nitrogens is 4. The molecule has 49 heavy (non-hydrogen) atoms. The van der Waals surface area contributed by atoms with Gasteiger partial charge >= 0.3 is 12.2 Å². The highest BCUT2D eigenvalue weighted by Gasteiger charge is 2.49. The number of hydrogen-bond acceptors (Lipinski definition) is 9. The quantitative estimate of drug-likeness (QED) is 0.261. The zero-order chi connectivity index (χ0) is 34.8. The van der Waals surface area contributed by atoms with Crippen LogP contribution in [0.1, 0.15) is 70.4 Å². The Kier molecular flexibility index (Phi) is 8.85. The summed E-state index contributed by atoms with van der Waals surface area (Å²) in [4.78, 5) is 27.8. The Morgan fingerprint density at radius 2 is 1.96 bits per heavy atom. The van der Waals surface area contributed by atoms with Crippen molar-refractivity contribution < 1.29 is 31.8 Å². The molecule has 4 aliphatic heterocycles. The molecule has 0 saturated carbocycles. The third-order valence-corrected chi connectivity index (χ3v) is 10.8. The van der Waals surface area contributed by atoms with E-state index >= 15 is 0 Å². The van der Waals surface area contributed by atoms with E-state index in [4.69, 9.17) is 48.4 Å². The van der Waals surface area contributed by atoms with Gasteiger partial charge in [0.1, 0.15) is 18.6 Å². The molecule has 11 nitrogen and oxygen atoms in total. The van der Waals surface area contributed by atoms with Crippen LogP contribution < -0.4 is 15.4 Å². The first-order chi connectivity index (χ1) is 23.3. The maximum Gasteiger partial charge on any atom is 0.416 e. The first-order valence-corrected chi connectivity index (χ1v) is 16.9. The SMILES string of the molecule is CN(C)C(=O)c1nn2c(c1Cl)CN(c1nc(OC[C@@]34CCCN3C[C@H](F)C4)nc3c1CO[C@H](c1c(C(F)(F)F)ccc(N)c1Cl)C3)CCC2. The molecule has 6 heterocycles. The highest BCUT2D eigenvalue weighted by molar-refractivity contribution is 6.34. The van der Waals surface area contributed by atoms with Gasteiger partial charge in [-0.15, -0.1) is 0 Å². The Labute approximate surface area is 290 Å². The molecule has 17 heteroatoms. The molecule has 0 spiro atoms. The lowest BCUT2D eigenvalue weighted by Crippen LogP contribution is -2.43. The Morgan fingerprint density at radius 3 is 2.71 bits per heavy atom. The standard InChI is InChI=1S/C32H36Cl2F4N8O3/c1-43(2)29(47)27-26(34)22-14-44(8-4-10-46(22)42-27)28-18-15-48-23(24-19(32(36,37)38)5-6-20(39)25(24)33)11-21(18)40-30(41-28)49-16-31-7-3-9-45(31)13-17(35)12-31/h5-6,17,23H,3-4,7-16,39H2,1-2H3/t17-,23+,31+/m1/s1. The van der Waals surface area contributed by atoms with E-state index in [-0.39, 0.29) is 65.1 Å². The van der Waals surface area contributed by atoms with Crippen molar-refractivity contribution in [2.45, 2.75) is 75.8 Å². The number of hydrogen-bond donors (Lipinski definition) is 1. The number of nitrogens with zero attached hydrogens (tertiary/aromatic N) is 7. The Balaban J connectivity index is 1.27. The zero-order valence-corrected chi connectivity index (χ0v) is 28.5. The minimum atomic E-state index is -4.70. The Hall–Kier alpha value is -3.40. The summed E-state index contributed by atoms with van der Waals surface area (Å²) in [5, 5.41) is 4.50. The van der Waals surface area contributed by atoms with Crippen molar-refractivity contribution in [3.63, 3.8) is 0 Å². The minimum absolute atomic E-state index is 0.000239. The van der Waals surface area contributed by atoms with Gasteiger partial charge in [0, 0.05) is 57.7 Å². The van der Waals surface area contributed by atoms with Crippen LogP contribution >= 0.6 is 23.2 Å². The predicted molar refractivity (Wildman–Crippen MR) is 174 cm³/mol. The van der Waals surface area contributed by atoms with Gasteiger partial charge in [-0.1, -0.05) is 23.2 Å². The second-order valence-corrected chi connectivity index (χ2v) is 14.1. The number of aryl methyl sites for hydroxylation is 1. The van der Waals surface area contributed by atoms with Gasteiger partial charge in [0.2, 0.25) is 0 Å². The Morgan fingerprint density at radius 1 is 1.16 bits per heavy atom. The molecule has 7 rings (SSSR count). The number of alkyl halides is 4. The number of carbonyl (C=O) groups is 1. The second kappa shape index (κ2) is 12.7. The van der Waals surface area contributed by atoms with E-state index in [0.29, 0.717) is 55.2 Å². The van der Waals surface area contributed by atoms with Crippen molar-refractivity contribution in [1.29, 1.82) is 0 Å². The van der Waals surface area contributed by atoms with Gasteiger partial charge in [-0.2, -0.15) is 28.2 Å². The fraction of sp³-hybridized carbons (Fsp3) is 0.562. The molecule has 2 aromatic heterocycles. The van der Waals surface area contributed by atoms with E-state index in [2.05, 4.69) is 10.00 Å². The van der Waals surface area contributed by atoms with E-state index in [1.54, 1.807) is 18.8 Å². The maximum absolute atomic E-state index is 14.5. The number of benzene rings is 1. The summed E-state index contributed by atoms with van der Waals surface area (Å²) in [6.45, 7) is 2.43. The van der Waals surface area contributed by atoms with Crippen LogP contribution in [0.15, 0.2) is 12.1 Å². The minimum Gasteiger partial charge on any atom is -0.461 e. The summed E-state index contributed by atoms with van der Waals surface area (Å²) in [6, 6.07) is 2.06. The number of halogens is 6. The van der Waals surface area contributed by atoms with Crippen molar-refractivity contribution in [1.82, 2.24) is 29.5 Å². The molecular formula is C32H36Cl2F4N8O3. The normalized spacial score (nSPS) is 24.0. The number of rotatable bonds is 6. The molecule has 264 valence electrons. The molecule has 0 radical (unpaired) electrons. The van der Waals surface area contributed by atoms with E-state index in [9.17, 15) is 22.4 Å². The van der Waals surface area contributed by atoms with E-state index in [1.807, 2.05) is 4.90 Å². The summed E-state index contributed by atoms with van der Waals surface area (Å²) in [7, 11) is 3.24. The van der Waals surface area contributed by atoms with Crippen LogP contribution in [0.25, 0.3) is 0 Å². The number of fused-ring (bicyclic) bond motifs is 3. The smallest absolute Gasteiger partial charge is 0.416 e. The van der Waals surface area contributed by atoms with Gasteiger partial charge in [0.05, 0.1) is 57.5 Å². The van der Waals surface area contributed by atoms with Crippen LogP contribution in [-0.4, -0.2) is 87.5 Å². The fourth-order valence-electron chi connectivity index (χ4n) is 7.57. The van der Waals surface area contributed by atoms with Crippen molar-refractivity contribution >= 4 is 40.6 Å². The van der Waals surface area contributed by atoms with Crippen molar-refractivity contribution in [3.8, 4) is 6.01 Å². The number of amides is 1. The van der Waals surface area contributed by atoms with Crippen molar-refractivity contribution in [2.24, 2.45) is 0 Å². The average molecular weight is 728 g/mol. The lowest BCUT2D eigenvalue weighted by molar-refractivity contribution is -0.139. The van der Waals surface area contributed by atoms with E-state index in [0.717, 1.165) is 31.5 Å². The third-order valence-electron chi connectivity index (χ3n) is 9.97. The van der Waals surface area contributed by atoms with E-state index < -0.39 is 29.6 Å². The molecule has 0 aliphatic carbocycles. The summed E-state index contributed by atoms with van der Waals surface area (Å²) in [5.41, 5.74) is 6.07. The zero-order valence-electron chi connectivity index (χ0n) is 27.0. The number of ether oxygens (including phenoxy) is 2. The average Bonchev–Trinajstić information content (AvgIpc) is 3.62. The molecule has 2 fully saturated rings. The lowest BCUT2D eigenvalue weighted by atomic mass is 9.94. The highest BCUT2D eigenvalue weighted by atomic mass is 35.5. The van der Waals surface area contributed by atoms with Gasteiger partial charge in [-0.05, 0) is 37.9 Å². The number of carbonyl (C=O) groups excluding carboxylic acids is 1. The molecule has 1 aromatic carbocycles. The summed E-state index contributed by atoms with van der Waals surface area (Å²) in [6.07, 6.45) is -4.16. The van der Waals surface area contributed by atoms with Gasteiger partial charge in [0.15, 0.2) is 5.69 Å². The molecular weight excluding hydrogens is 691 g/mol. The maximum atomic E-state index is 14.5. The predicted octanol–water partition coefficient (Wildman–Crippen LogP) is 5.46. The van der Waals surface area contributed by atoms with Gasteiger partial charge in [0.25, 0.3) is 5.91 Å². The summed E-state index contributed by atoms with van der Waals surface area (Å²) >= 11 is 13.1. The van der Waals surface area contributed by atoms with Crippen LogP contribution in [0.2, 0.25) is 10.0 Å². The number of anilines is 2. The van der Waals surface area contributed by atoms with Crippen LogP contribution in [-0.2, 0) is 37.0 Å². The molecule has 0 unspecified atom stereocenters. The van der Waals surface area contributed by atoms with Crippen LogP contribution in [0.5, 0.6) is 6.01 Å². The number of nitrogens with two attached hydrogens (primary N) is 1. The van der Waals surface area contributed by atoms with Crippen LogP contribution in [0.4, 0.5) is 29.1 Å². The van der Waals surface area contributed by atoms with E-state index in [1.165, 1.54) is 4.90 Å². The topological polar surface area (TPSA) is 115 Å². The molecule has 3 atom stereocenters. The second-order valence-electron chi connectivity index (χ2n) is 13.4. The Bertz CT molecular complexity index is 1790. The van der Waals surface area contributed by atoms with Crippen molar-refractivity contribution in [3.05, 3.63) is 56.0 Å². The van der Waals surface area contributed by atoms with Crippen molar-refractivity contribution in [2.75, 3.05) is 51.0 Å². The van der Waals surface area contributed by atoms with Gasteiger partial charge < -0.3 is 25.0 Å². The first kappa shape index (κ1) is 34.1. The van der Waals surface area contributed by atoms with Gasteiger partial charge in [-0.3, -0.25) is 14.4 Å². The highest BCUT2D eigenvalue weighted by Crippen LogP contribution is 2.46. The molecule has 2 N–H and O–H groups in total. The molecule has 1 amide bonds. The lowest BCUT2D eigenvalue weighted by Gasteiger charge is -2.33. The number of nitrogen functional groups attached to an aromatic ring is 1. The molecule has 0 bridgehead atoms. The van der Waals surface area contributed by atoms with Crippen LogP contribution in [0.3, 0.4) is 0 Å². The fourth-order valence-corrected chi connectivity index (χ4v) is 8.13. The molecule has 3 aromatic rings. The van der Waals surface area contributed by atoms with Gasteiger partial charge in [-0.25, -0.2) is 4.39 Å². The summed E-state index contributed by atoms with van der Waals surface area (Å²) < 4.78 is 71.1. The van der Waals surface area contributed by atoms with Crippen LogP contribution in [0, 0.1) is 0 Å². The largest absolute Gasteiger partial charge is 0.461 e. The summed E-state index contributed by atoms with van der Waals surface area (Å²) in [5.74, 6) is 0.141. The monoisotopic (exact) mass is 726 g/mol. The first-order valence-electron chi connectivity index (χ1n) is 16.2.